The van der Waals surface area contributed by atoms with Crippen molar-refractivity contribution in [2.45, 2.75) is 6.92 Å². The molecule has 0 heterocycles. The highest BCUT2D eigenvalue weighted by molar-refractivity contribution is 5.70. The third-order valence-electron chi connectivity index (χ3n) is 1.61. The van der Waals surface area contributed by atoms with Gasteiger partial charge in [-0.15, -0.1) is 0 Å². The van der Waals surface area contributed by atoms with Gasteiger partial charge in [0.15, 0.2) is 0 Å². The van der Waals surface area contributed by atoms with E-state index in [1.807, 2.05) is 19.1 Å². The Kier molecular flexibility index (Phi) is 3.94. The number of nitrogens with two attached hydrogens (primary N) is 1. The van der Waals surface area contributed by atoms with Gasteiger partial charge in [-0.25, -0.2) is 4.79 Å². The number of ether oxygens (including phenoxy) is 1. The van der Waals surface area contributed by atoms with Crippen molar-refractivity contribution >= 4 is 6.09 Å². The summed E-state index contributed by atoms with van der Waals surface area (Å²) in [6, 6.07) is 7.29. The lowest BCUT2D eigenvalue weighted by atomic mass is 10.2. The lowest BCUT2D eigenvalue weighted by Gasteiger charge is -2.05. The molecule has 0 aliphatic rings. The zero-order valence-corrected chi connectivity index (χ0v) is 8.12. The van der Waals surface area contributed by atoms with Crippen LogP contribution >= 0.6 is 0 Å². The molecule has 4 heteroatoms. The first-order chi connectivity index (χ1) is 6.72. The molecule has 0 radical (unpaired) electrons. The Morgan fingerprint density at radius 2 is 2.36 bits per heavy atom. The fraction of sp³-hybridized carbons (Fsp3) is 0.300. The molecule has 76 valence electrons. The molecule has 0 aliphatic heterocycles. The second kappa shape index (κ2) is 5.24. The summed E-state index contributed by atoms with van der Waals surface area (Å²) in [4.78, 5) is 11.1. The molecule has 3 N–H and O–H groups in total. The molecule has 0 atom stereocenters. The largest absolute Gasteiger partial charge is 0.412 e. The fourth-order valence-corrected chi connectivity index (χ4v) is 0.996. The molecule has 4 nitrogen and oxygen atoms in total. The Morgan fingerprint density at radius 1 is 1.57 bits per heavy atom. The van der Waals surface area contributed by atoms with Crippen LogP contribution in [0, 0.1) is 6.92 Å². The number of aryl methyl sites for hydroxylation is 1. The number of hydrogen-bond acceptors (Lipinski definition) is 3. The predicted octanol–water partition coefficient (Wildman–Crippen LogP) is 1.04. The summed E-state index contributed by atoms with van der Waals surface area (Å²) in [7, 11) is 0. The van der Waals surface area contributed by atoms with Crippen molar-refractivity contribution in [2.75, 3.05) is 13.1 Å². The number of benzene rings is 1. The maximum absolute atomic E-state index is 11.1. The lowest BCUT2D eigenvalue weighted by Crippen LogP contribution is -2.31. The molecule has 0 fully saturated rings. The van der Waals surface area contributed by atoms with Crippen molar-refractivity contribution in [3.8, 4) is 5.75 Å². The van der Waals surface area contributed by atoms with Crippen molar-refractivity contribution in [1.82, 2.24) is 5.32 Å². The Labute approximate surface area is 83.1 Å². The van der Waals surface area contributed by atoms with Crippen LogP contribution in [0.25, 0.3) is 0 Å². The number of nitrogens with one attached hydrogen (secondary N) is 1. The molecule has 0 saturated heterocycles. The maximum atomic E-state index is 11.1. The average Bonchev–Trinajstić information content (AvgIpc) is 2.15. The molecule has 0 unspecified atom stereocenters. The number of carbonyl (C=O) groups is 1. The Hall–Kier alpha value is -1.55. The van der Waals surface area contributed by atoms with Gasteiger partial charge in [-0.05, 0) is 24.6 Å². The van der Waals surface area contributed by atoms with Gasteiger partial charge in [0, 0.05) is 13.1 Å². The van der Waals surface area contributed by atoms with Crippen molar-refractivity contribution in [1.29, 1.82) is 0 Å². The predicted molar refractivity (Wildman–Crippen MR) is 54.3 cm³/mol. The van der Waals surface area contributed by atoms with E-state index >= 15 is 0 Å². The summed E-state index contributed by atoms with van der Waals surface area (Å²) < 4.78 is 4.99. The summed E-state index contributed by atoms with van der Waals surface area (Å²) in [6.45, 7) is 2.76. The summed E-state index contributed by atoms with van der Waals surface area (Å²) in [5.41, 5.74) is 6.27. The van der Waals surface area contributed by atoms with Gasteiger partial charge in [0.05, 0.1) is 0 Å². The maximum Gasteiger partial charge on any atom is 0.412 e. The van der Waals surface area contributed by atoms with E-state index in [0.717, 1.165) is 5.56 Å². The quantitative estimate of drug-likeness (QED) is 0.755. The van der Waals surface area contributed by atoms with Crippen LogP contribution in [-0.4, -0.2) is 19.2 Å². The van der Waals surface area contributed by atoms with Gasteiger partial charge in [0.2, 0.25) is 0 Å². The molecule has 0 bridgehead atoms. The van der Waals surface area contributed by atoms with Gasteiger partial charge in [-0.1, -0.05) is 12.1 Å². The molecular formula is C10H14N2O2. The van der Waals surface area contributed by atoms with Crippen LogP contribution in [0.5, 0.6) is 5.75 Å². The van der Waals surface area contributed by atoms with E-state index in [0.29, 0.717) is 18.8 Å². The standard InChI is InChI=1S/C10H14N2O2/c1-8-3-2-4-9(7-8)14-10(13)12-6-5-11/h2-4,7H,5-6,11H2,1H3,(H,12,13). The average molecular weight is 194 g/mol. The molecule has 1 rings (SSSR count). The molecular weight excluding hydrogens is 180 g/mol. The Bertz CT molecular complexity index is 313. The van der Waals surface area contributed by atoms with Crippen LogP contribution in [0.3, 0.4) is 0 Å². The molecule has 0 spiro atoms. The SMILES string of the molecule is Cc1cccc(OC(=O)NCCN)c1. The van der Waals surface area contributed by atoms with Crippen molar-refractivity contribution in [2.24, 2.45) is 5.73 Å². The number of hydrogen-bond donors (Lipinski definition) is 2. The molecule has 0 saturated carbocycles. The van der Waals surface area contributed by atoms with Gasteiger partial charge in [0.1, 0.15) is 5.75 Å². The van der Waals surface area contributed by atoms with Gasteiger partial charge >= 0.3 is 6.09 Å². The van der Waals surface area contributed by atoms with Gasteiger partial charge in [-0.3, -0.25) is 0 Å². The highest BCUT2D eigenvalue weighted by Crippen LogP contribution is 2.11. The number of carbonyl (C=O) groups excluding carboxylic acids is 1. The van der Waals surface area contributed by atoms with Crippen LogP contribution in [-0.2, 0) is 0 Å². The smallest absolute Gasteiger partial charge is 0.410 e. The highest BCUT2D eigenvalue weighted by Gasteiger charge is 2.01. The van der Waals surface area contributed by atoms with Crippen molar-refractivity contribution in [3.05, 3.63) is 29.8 Å². The second-order valence-corrected chi connectivity index (χ2v) is 2.92. The number of rotatable bonds is 3. The topological polar surface area (TPSA) is 64.3 Å². The van der Waals surface area contributed by atoms with Crippen LogP contribution in [0.15, 0.2) is 24.3 Å². The van der Waals surface area contributed by atoms with E-state index in [9.17, 15) is 4.79 Å². The Morgan fingerprint density at radius 3 is 3.00 bits per heavy atom. The molecule has 1 aromatic carbocycles. The first kappa shape index (κ1) is 10.5. The van der Waals surface area contributed by atoms with E-state index in [2.05, 4.69) is 5.32 Å². The monoisotopic (exact) mass is 194 g/mol. The highest BCUT2D eigenvalue weighted by atomic mass is 16.5. The third-order valence-corrected chi connectivity index (χ3v) is 1.61. The minimum absolute atomic E-state index is 0.406. The van der Waals surface area contributed by atoms with E-state index in [4.69, 9.17) is 10.5 Å². The Balaban J connectivity index is 2.47. The normalized spacial score (nSPS) is 9.57. The van der Waals surface area contributed by atoms with E-state index in [1.165, 1.54) is 0 Å². The summed E-state index contributed by atoms with van der Waals surface area (Å²) in [5, 5.41) is 2.51. The third kappa shape index (κ3) is 3.45. The molecule has 0 aliphatic carbocycles. The summed E-state index contributed by atoms with van der Waals surface area (Å²) >= 11 is 0. The first-order valence-corrected chi connectivity index (χ1v) is 4.45. The van der Waals surface area contributed by atoms with Gasteiger partial charge in [-0.2, -0.15) is 0 Å². The first-order valence-electron chi connectivity index (χ1n) is 4.45. The van der Waals surface area contributed by atoms with Crippen molar-refractivity contribution in [3.63, 3.8) is 0 Å². The van der Waals surface area contributed by atoms with Crippen molar-refractivity contribution < 1.29 is 9.53 Å². The minimum Gasteiger partial charge on any atom is -0.410 e. The summed E-state index contributed by atoms with van der Waals surface area (Å²) in [5.74, 6) is 0.541. The van der Waals surface area contributed by atoms with Gasteiger partial charge in [0.25, 0.3) is 0 Å². The van der Waals surface area contributed by atoms with Crippen LogP contribution < -0.4 is 15.8 Å². The summed E-state index contributed by atoms with van der Waals surface area (Å²) in [6.07, 6.45) is -0.471. The van der Waals surface area contributed by atoms with Crippen LogP contribution in [0.4, 0.5) is 4.79 Å². The van der Waals surface area contributed by atoms with E-state index < -0.39 is 6.09 Å². The molecule has 1 aromatic rings. The van der Waals surface area contributed by atoms with E-state index in [1.54, 1.807) is 12.1 Å². The lowest BCUT2D eigenvalue weighted by molar-refractivity contribution is 0.201. The van der Waals surface area contributed by atoms with Gasteiger partial charge < -0.3 is 15.8 Å². The fourth-order valence-electron chi connectivity index (χ4n) is 0.996. The van der Waals surface area contributed by atoms with Crippen LogP contribution in [0.1, 0.15) is 5.56 Å². The minimum atomic E-state index is -0.471. The molecule has 0 aromatic heterocycles. The second-order valence-electron chi connectivity index (χ2n) is 2.92. The van der Waals surface area contributed by atoms with E-state index in [-0.39, 0.29) is 0 Å². The van der Waals surface area contributed by atoms with Crippen LogP contribution in [0.2, 0.25) is 0 Å². The number of amides is 1. The zero-order chi connectivity index (χ0) is 10.4. The molecule has 14 heavy (non-hydrogen) atoms. The zero-order valence-electron chi connectivity index (χ0n) is 8.12. The molecule has 1 amide bonds.